The summed E-state index contributed by atoms with van der Waals surface area (Å²) in [5.41, 5.74) is 1.72. The third-order valence-corrected chi connectivity index (χ3v) is 3.35. The minimum atomic E-state index is -0.672. The molecule has 1 aromatic carbocycles. The van der Waals surface area contributed by atoms with Crippen molar-refractivity contribution in [3.63, 3.8) is 0 Å². The largest absolute Gasteiger partial charge is 0.497 e. The van der Waals surface area contributed by atoms with E-state index >= 15 is 0 Å². The molecule has 1 heterocycles. The first-order valence-electron chi connectivity index (χ1n) is 7.21. The average molecular weight is 313 g/mol. The number of pyridine rings is 1. The van der Waals surface area contributed by atoms with Crippen LogP contribution in [0.2, 0.25) is 0 Å². The maximum Gasteiger partial charge on any atom is 0.309 e. The molecular formula is C17H19N3O3. The number of nitrogens with one attached hydrogen (secondary N) is 2. The quantitative estimate of drug-likeness (QED) is 0.821. The number of hydrogen-bond acceptors (Lipinski definition) is 4. The fourth-order valence-corrected chi connectivity index (χ4v) is 2.00. The monoisotopic (exact) mass is 313 g/mol. The zero-order chi connectivity index (χ0) is 16.7. The second kappa shape index (κ2) is 7.93. The van der Waals surface area contributed by atoms with Crippen molar-refractivity contribution in [3.8, 4) is 5.75 Å². The van der Waals surface area contributed by atoms with Gasteiger partial charge in [-0.05, 0) is 36.2 Å². The smallest absolute Gasteiger partial charge is 0.309 e. The molecule has 2 amide bonds. The highest BCUT2D eigenvalue weighted by Gasteiger charge is 2.16. The normalized spacial score (nSPS) is 11.4. The maximum atomic E-state index is 11.9. The average Bonchev–Trinajstić information content (AvgIpc) is 2.60. The van der Waals surface area contributed by atoms with Crippen LogP contribution in [-0.2, 0) is 16.1 Å². The molecule has 0 bridgehead atoms. The molecular weight excluding hydrogens is 294 g/mol. The molecule has 1 atom stereocenters. The molecule has 0 aliphatic rings. The van der Waals surface area contributed by atoms with E-state index in [9.17, 15) is 9.59 Å². The van der Waals surface area contributed by atoms with Gasteiger partial charge in [-0.25, -0.2) is 0 Å². The number of nitrogens with zero attached hydrogens (tertiary/aromatic N) is 1. The number of benzene rings is 1. The van der Waals surface area contributed by atoms with Crippen molar-refractivity contribution in [1.29, 1.82) is 0 Å². The minimum Gasteiger partial charge on any atom is -0.497 e. The highest BCUT2D eigenvalue weighted by Crippen LogP contribution is 2.17. The van der Waals surface area contributed by atoms with Gasteiger partial charge in [-0.3, -0.25) is 14.6 Å². The Hall–Kier alpha value is -2.89. The predicted molar refractivity (Wildman–Crippen MR) is 85.6 cm³/mol. The van der Waals surface area contributed by atoms with Crippen LogP contribution < -0.4 is 15.4 Å². The molecule has 0 spiro atoms. The minimum absolute atomic E-state index is 0.261. The van der Waals surface area contributed by atoms with Gasteiger partial charge >= 0.3 is 11.8 Å². The first kappa shape index (κ1) is 16.5. The Morgan fingerprint density at radius 2 is 1.91 bits per heavy atom. The van der Waals surface area contributed by atoms with Gasteiger partial charge in [0.1, 0.15) is 5.75 Å². The summed E-state index contributed by atoms with van der Waals surface area (Å²) in [6.07, 6.45) is 3.28. The summed E-state index contributed by atoms with van der Waals surface area (Å²) in [4.78, 5) is 27.7. The lowest BCUT2D eigenvalue weighted by Gasteiger charge is -2.14. The maximum absolute atomic E-state index is 11.9. The van der Waals surface area contributed by atoms with Gasteiger partial charge in [0.15, 0.2) is 0 Å². The fourth-order valence-electron chi connectivity index (χ4n) is 2.00. The van der Waals surface area contributed by atoms with Crippen LogP contribution in [0.25, 0.3) is 0 Å². The van der Waals surface area contributed by atoms with Gasteiger partial charge in [0, 0.05) is 18.9 Å². The molecule has 1 aromatic heterocycles. The summed E-state index contributed by atoms with van der Waals surface area (Å²) < 4.78 is 5.09. The zero-order valence-corrected chi connectivity index (χ0v) is 13.1. The zero-order valence-electron chi connectivity index (χ0n) is 13.1. The molecule has 0 aliphatic carbocycles. The molecule has 6 heteroatoms. The molecule has 0 radical (unpaired) electrons. The number of rotatable bonds is 5. The van der Waals surface area contributed by atoms with Crippen molar-refractivity contribution < 1.29 is 14.3 Å². The van der Waals surface area contributed by atoms with Crippen molar-refractivity contribution in [1.82, 2.24) is 15.6 Å². The molecule has 2 aromatic rings. The molecule has 1 unspecified atom stereocenters. The number of amides is 2. The first-order valence-corrected chi connectivity index (χ1v) is 7.21. The predicted octanol–water partition coefficient (Wildman–Crippen LogP) is 1.58. The van der Waals surface area contributed by atoms with Crippen LogP contribution in [0.3, 0.4) is 0 Å². The van der Waals surface area contributed by atoms with Crippen LogP contribution >= 0.6 is 0 Å². The summed E-state index contributed by atoms with van der Waals surface area (Å²) in [6.45, 7) is 2.07. The van der Waals surface area contributed by atoms with E-state index in [1.807, 2.05) is 25.1 Å². The van der Waals surface area contributed by atoms with Crippen LogP contribution in [-0.4, -0.2) is 23.9 Å². The lowest BCUT2D eigenvalue weighted by atomic mass is 10.1. The van der Waals surface area contributed by atoms with Crippen LogP contribution in [0, 0.1) is 0 Å². The molecule has 0 saturated heterocycles. The number of hydrogen-bond donors (Lipinski definition) is 2. The van der Waals surface area contributed by atoms with Crippen molar-refractivity contribution in [2.24, 2.45) is 0 Å². The van der Waals surface area contributed by atoms with E-state index in [4.69, 9.17) is 4.74 Å². The molecule has 0 aliphatic heterocycles. The molecule has 0 saturated carbocycles. The van der Waals surface area contributed by atoms with Crippen molar-refractivity contribution in [2.75, 3.05) is 7.11 Å². The van der Waals surface area contributed by atoms with Gasteiger partial charge in [-0.15, -0.1) is 0 Å². The summed E-state index contributed by atoms with van der Waals surface area (Å²) >= 11 is 0. The van der Waals surface area contributed by atoms with Crippen LogP contribution in [0.4, 0.5) is 0 Å². The number of ether oxygens (including phenoxy) is 1. The van der Waals surface area contributed by atoms with Crippen molar-refractivity contribution >= 4 is 11.8 Å². The van der Waals surface area contributed by atoms with Gasteiger partial charge in [-0.1, -0.05) is 18.2 Å². The van der Waals surface area contributed by atoms with Crippen molar-refractivity contribution in [3.05, 3.63) is 59.9 Å². The highest BCUT2D eigenvalue weighted by atomic mass is 16.5. The van der Waals surface area contributed by atoms with Gasteiger partial charge in [-0.2, -0.15) is 0 Å². The van der Waals surface area contributed by atoms with Gasteiger partial charge in [0.2, 0.25) is 0 Å². The second-order valence-corrected chi connectivity index (χ2v) is 5.01. The number of methoxy groups -OCH3 is 1. The number of carbonyl (C=O) groups is 2. The van der Waals surface area contributed by atoms with Crippen LogP contribution in [0.5, 0.6) is 5.75 Å². The van der Waals surface area contributed by atoms with Crippen molar-refractivity contribution in [2.45, 2.75) is 19.5 Å². The molecule has 23 heavy (non-hydrogen) atoms. The van der Waals surface area contributed by atoms with E-state index < -0.39 is 11.8 Å². The number of aromatic nitrogens is 1. The first-order chi connectivity index (χ1) is 11.1. The van der Waals surface area contributed by atoms with Gasteiger partial charge in [0.25, 0.3) is 0 Å². The standard InChI is InChI=1S/C17H19N3O3/c1-12(14-5-7-15(23-2)8-6-14)20-17(22)16(21)19-11-13-4-3-9-18-10-13/h3-10,12H,11H2,1-2H3,(H,19,21)(H,20,22). The molecule has 0 fully saturated rings. The summed E-state index contributed by atoms with van der Waals surface area (Å²) in [7, 11) is 1.59. The summed E-state index contributed by atoms with van der Waals surface area (Å²) in [5.74, 6) is -0.604. The fraction of sp³-hybridized carbons (Fsp3) is 0.235. The lowest BCUT2D eigenvalue weighted by molar-refractivity contribution is -0.139. The topological polar surface area (TPSA) is 80.3 Å². The Kier molecular flexibility index (Phi) is 5.68. The summed E-state index contributed by atoms with van der Waals surface area (Å²) in [6, 6.07) is 10.6. The Labute approximate surface area is 134 Å². The highest BCUT2D eigenvalue weighted by molar-refractivity contribution is 6.35. The molecule has 6 nitrogen and oxygen atoms in total. The van der Waals surface area contributed by atoms with E-state index in [2.05, 4.69) is 15.6 Å². The SMILES string of the molecule is COc1ccc(C(C)NC(=O)C(=O)NCc2cccnc2)cc1. The van der Waals surface area contributed by atoms with E-state index in [1.54, 1.807) is 37.7 Å². The van der Waals surface area contributed by atoms with Crippen LogP contribution in [0.1, 0.15) is 24.1 Å². The van der Waals surface area contributed by atoms with E-state index in [1.165, 1.54) is 0 Å². The van der Waals surface area contributed by atoms with Gasteiger partial charge in [0.05, 0.1) is 13.2 Å². The Morgan fingerprint density at radius 3 is 2.52 bits per heavy atom. The lowest BCUT2D eigenvalue weighted by Crippen LogP contribution is -2.40. The molecule has 120 valence electrons. The summed E-state index contributed by atoms with van der Waals surface area (Å²) in [5, 5.41) is 5.23. The van der Waals surface area contributed by atoms with E-state index in [0.717, 1.165) is 16.9 Å². The van der Waals surface area contributed by atoms with Gasteiger partial charge < -0.3 is 15.4 Å². The molecule has 2 rings (SSSR count). The van der Waals surface area contributed by atoms with Crippen LogP contribution in [0.15, 0.2) is 48.8 Å². The Bertz CT molecular complexity index is 657. The number of carbonyl (C=O) groups excluding carboxylic acids is 2. The second-order valence-electron chi connectivity index (χ2n) is 5.01. The Morgan fingerprint density at radius 1 is 1.17 bits per heavy atom. The third kappa shape index (κ3) is 4.81. The third-order valence-electron chi connectivity index (χ3n) is 3.35. The molecule has 2 N–H and O–H groups in total. The Balaban J connectivity index is 1.85. The van der Waals surface area contributed by atoms with E-state index in [-0.39, 0.29) is 12.6 Å². The van der Waals surface area contributed by atoms with E-state index in [0.29, 0.717) is 0 Å².